The first-order chi connectivity index (χ1) is 8.05. The second kappa shape index (κ2) is 3.71. The summed E-state index contributed by atoms with van der Waals surface area (Å²) >= 11 is 0. The van der Waals surface area contributed by atoms with Crippen LogP contribution in [0.5, 0.6) is 0 Å². The van der Waals surface area contributed by atoms with E-state index in [1.54, 1.807) is 0 Å². The molecule has 3 nitrogen and oxygen atoms in total. The van der Waals surface area contributed by atoms with E-state index in [0.29, 0.717) is 12.0 Å². The zero-order chi connectivity index (χ0) is 12.1. The fourth-order valence-electron chi connectivity index (χ4n) is 5.23. The number of amides is 1. The van der Waals surface area contributed by atoms with Gasteiger partial charge in [0.1, 0.15) is 0 Å². The molecule has 4 fully saturated rings. The number of nitrogens with one attached hydrogen (secondary N) is 1. The van der Waals surface area contributed by atoms with Gasteiger partial charge in [-0.1, -0.05) is 6.92 Å². The number of hydrogen-bond donors (Lipinski definition) is 1. The maximum atomic E-state index is 12.4. The van der Waals surface area contributed by atoms with Crippen LogP contribution < -0.4 is 5.48 Å². The number of carbonyl (C=O) groups is 1. The molecule has 0 saturated heterocycles. The van der Waals surface area contributed by atoms with Crippen LogP contribution in [-0.4, -0.2) is 12.5 Å². The van der Waals surface area contributed by atoms with Gasteiger partial charge in [-0.05, 0) is 62.7 Å². The van der Waals surface area contributed by atoms with Crippen molar-refractivity contribution in [1.82, 2.24) is 5.48 Å². The Kier molecular flexibility index (Phi) is 2.51. The molecular weight excluding hydrogens is 214 g/mol. The predicted molar refractivity (Wildman–Crippen MR) is 65.0 cm³/mol. The van der Waals surface area contributed by atoms with Crippen molar-refractivity contribution in [1.29, 1.82) is 0 Å². The third-order valence-electron chi connectivity index (χ3n) is 5.14. The highest BCUT2D eigenvalue weighted by Crippen LogP contribution is 2.65. The Morgan fingerprint density at radius 3 is 2.47 bits per heavy atom. The van der Waals surface area contributed by atoms with Crippen molar-refractivity contribution in [3.8, 4) is 0 Å². The second-order valence-electron chi connectivity index (χ2n) is 6.92. The molecule has 0 aromatic rings. The Hall–Kier alpha value is -0.570. The van der Waals surface area contributed by atoms with Crippen molar-refractivity contribution in [3.63, 3.8) is 0 Å². The van der Waals surface area contributed by atoms with E-state index in [-0.39, 0.29) is 11.3 Å². The van der Waals surface area contributed by atoms with E-state index in [0.717, 1.165) is 31.1 Å². The lowest BCUT2D eigenvalue weighted by Crippen LogP contribution is -2.56. The molecule has 1 amide bonds. The Morgan fingerprint density at radius 2 is 1.94 bits per heavy atom. The Balaban J connectivity index is 1.81. The molecule has 0 heterocycles. The summed E-state index contributed by atoms with van der Waals surface area (Å²) in [5.41, 5.74) is 2.99. The quantitative estimate of drug-likeness (QED) is 0.766. The summed E-state index contributed by atoms with van der Waals surface area (Å²) in [5.74, 6) is 1.72. The summed E-state index contributed by atoms with van der Waals surface area (Å²) in [7, 11) is 0. The average molecular weight is 237 g/mol. The van der Waals surface area contributed by atoms with E-state index < -0.39 is 0 Å². The van der Waals surface area contributed by atoms with Gasteiger partial charge in [0.15, 0.2) is 0 Å². The highest BCUT2D eigenvalue weighted by Gasteiger charge is 2.58. The third-order valence-corrected chi connectivity index (χ3v) is 5.14. The second-order valence-corrected chi connectivity index (χ2v) is 6.92. The van der Waals surface area contributed by atoms with E-state index in [1.807, 2.05) is 6.92 Å². The van der Waals surface area contributed by atoms with Gasteiger partial charge in [0.2, 0.25) is 5.91 Å². The van der Waals surface area contributed by atoms with E-state index >= 15 is 0 Å². The van der Waals surface area contributed by atoms with E-state index in [4.69, 9.17) is 4.84 Å². The summed E-state index contributed by atoms with van der Waals surface area (Å²) < 4.78 is 0. The largest absolute Gasteiger partial charge is 0.274 e. The molecule has 2 unspecified atom stereocenters. The Labute approximate surface area is 103 Å². The first-order valence-electron chi connectivity index (χ1n) is 6.97. The molecule has 4 saturated carbocycles. The minimum atomic E-state index is -0.103. The van der Waals surface area contributed by atoms with Crippen LogP contribution in [0.3, 0.4) is 0 Å². The molecule has 3 heteroatoms. The molecule has 0 aromatic heterocycles. The number of carbonyl (C=O) groups excluding carboxylic acids is 1. The summed E-state index contributed by atoms with van der Waals surface area (Å²) in [5, 5.41) is 0. The van der Waals surface area contributed by atoms with Crippen molar-refractivity contribution in [3.05, 3.63) is 0 Å². The molecule has 0 aromatic carbocycles. The van der Waals surface area contributed by atoms with Crippen molar-refractivity contribution >= 4 is 5.91 Å². The molecule has 0 radical (unpaired) electrons. The summed E-state index contributed by atoms with van der Waals surface area (Å²) in [6.45, 7) is 4.83. The highest BCUT2D eigenvalue weighted by atomic mass is 16.6. The molecule has 4 bridgehead atoms. The van der Waals surface area contributed by atoms with Crippen molar-refractivity contribution in [2.24, 2.45) is 22.7 Å². The van der Waals surface area contributed by atoms with Crippen LogP contribution in [0.15, 0.2) is 0 Å². The lowest BCUT2D eigenvalue weighted by molar-refractivity contribution is -0.166. The predicted octanol–water partition coefficient (Wildman–Crippen LogP) is 2.66. The number of rotatable bonds is 3. The van der Waals surface area contributed by atoms with Gasteiger partial charge in [-0.25, -0.2) is 5.48 Å². The van der Waals surface area contributed by atoms with Crippen molar-refractivity contribution in [2.45, 2.75) is 52.4 Å². The topological polar surface area (TPSA) is 38.3 Å². The third kappa shape index (κ3) is 1.79. The smallest absolute Gasteiger partial charge is 0.249 e. The first kappa shape index (κ1) is 11.5. The van der Waals surface area contributed by atoms with Crippen molar-refractivity contribution in [2.75, 3.05) is 6.61 Å². The van der Waals surface area contributed by atoms with Crippen LogP contribution >= 0.6 is 0 Å². The monoisotopic (exact) mass is 237 g/mol. The van der Waals surface area contributed by atoms with Gasteiger partial charge in [-0.15, -0.1) is 0 Å². The standard InChI is InChI=1S/C14H23NO2/c1-3-17-15-12(16)14-7-10-4-11(8-14)6-13(2,5-10)9-14/h10-11H,3-9H2,1-2H3,(H,15,16). The van der Waals surface area contributed by atoms with E-state index in [9.17, 15) is 4.79 Å². The molecule has 4 aliphatic carbocycles. The lowest BCUT2D eigenvalue weighted by atomic mass is 9.44. The van der Waals surface area contributed by atoms with Crippen LogP contribution in [0.4, 0.5) is 0 Å². The maximum Gasteiger partial charge on any atom is 0.249 e. The molecular formula is C14H23NO2. The van der Waals surface area contributed by atoms with E-state index in [2.05, 4.69) is 12.4 Å². The van der Waals surface area contributed by atoms with Gasteiger partial charge in [-0.3, -0.25) is 9.63 Å². The molecule has 4 rings (SSSR count). The molecule has 17 heavy (non-hydrogen) atoms. The fourth-order valence-corrected chi connectivity index (χ4v) is 5.23. The van der Waals surface area contributed by atoms with Crippen molar-refractivity contribution < 1.29 is 9.63 Å². The van der Waals surface area contributed by atoms with Crippen LogP contribution in [0.2, 0.25) is 0 Å². The average Bonchev–Trinajstić information content (AvgIpc) is 2.22. The number of hydrogen-bond acceptors (Lipinski definition) is 2. The van der Waals surface area contributed by atoms with E-state index in [1.165, 1.54) is 19.3 Å². The summed E-state index contributed by atoms with van der Waals surface area (Å²) in [6.07, 6.45) is 7.31. The molecule has 96 valence electrons. The summed E-state index contributed by atoms with van der Waals surface area (Å²) in [6, 6.07) is 0. The van der Waals surface area contributed by atoms with Crippen LogP contribution in [-0.2, 0) is 9.63 Å². The maximum absolute atomic E-state index is 12.4. The van der Waals surface area contributed by atoms with Gasteiger partial charge in [0, 0.05) is 0 Å². The Morgan fingerprint density at radius 1 is 1.29 bits per heavy atom. The molecule has 0 spiro atoms. The molecule has 1 N–H and O–H groups in total. The first-order valence-corrected chi connectivity index (χ1v) is 6.97. The van der Waals surface area contributed by atoms with Gasteiger partial charge < -0.3 is 0 Å². The summed E-state index contributed by atoms with van der Waals surface area (Å²) in [4.78, 5) is 17.5. The molecule has 4 aliphatic rings. The van der Waals surface area contributed by atoms with Crippen LogP contribution in [0, 0.1) is 22.7 Å². The minimum Gasteiger partial charge on any atom is -0.274 e. The minimum absolute atomic E-state index is 0.103. The lowest BCUT2D eigenvalue weighted by Gasteiger charge is -2.60. The highest BCUT2D eigenvalue weighted by molar-refractivity contribution is 5.82. The van der Waals surface area contributed by atoms with Gasteiger partial charge in [0.05, 0.1) is 12.0 Å². The molecule has 2 atom stereocenters. The molecule has 0 aliphatic heterocycles. The zero-order valence-electron chi connectivity index (χ0n) is 10.9. The van der Waals surface area contributed by atoms with Crippen LogP contribution in [0.25, 0.3) is 0 Å². The van der Waals surface area contributed by atoms with Gasteiger partial charge in [0.25, 0.3) is 0 Å². The van der Waals surface area contributed by atoms with Crippen LogP contribution in [0.1, 0.15) is 52.4 Å². The zero-order valence-corrected chi connectivity index (χ0v) is 10.9. The number of hydroxylamine groups is 1. The Bertz CT molecular complexity index is 325. The normalized spacial score (nSPS) is 47.2. The van der Waals surface area contributed by atoms with Gasteiger partial charge >= 0.3 is 0 Å². The SMILES string of the molecule is CCONC(=O)C12CC3CC(CC(C)(C3)C1)C2. The van der Waals surface area contributed by atoms with Gasteiger partial charge in [-0.2, -0.15) is 0 Å². The fraction of sp³-hybridized carbons (Fsp3) is 0.929.